The van der Waals surface area contributed by atoms with Crippen LogP contribution in [-0.2, 0) is 10.0 Å². The molecule has 0 radical (unpaired) electrons. The minimum Gasteiger partial charge on any atom is -0.391 e. The van der Waals surface area contributed by atoms with Gasteiger partial charge >= 0.3 is 0 Å². The third-order valence-corrected chi connectivity index (χ3v) is 5.64. The van der Waals surface area contributed by atoms with Crippen molar-refractivity contribution in [1.29, 1.82) is 0 Å². The lowest BCUT2D eigenvalue weighted by Crippen LogP contribution is -2.46. The van der Waals surface area contributed by atoms with Crippen LogP contribution in [0, 0.1) is 0 Å². The first-order chi connectivity index (χ1) is 9.96. The summed E-state index contributed by atoms with van der Waals surface area (Å²) in [6, 6.07) is -0.378. The Labute approximate surface area is 125 Å². The van der Waals surface area contributed by atoms with Gasteiger partial charge in [0, 0.05) is 13.6 Å². The molecule has 0 aromatic carbocycles. The predicted octanol–water partition coefficient (Wildman–Crippen LogP) is 0.832. The third kappa shape index (κ3) is 3.50. The van der Waals surface area contributed by atoms with Gasteiger partial charge in [0.15, 0.2) is 0 Å². The monoisotopic (exact) mass is 314 g/mol. The van der Waals surface area contributed by atoms with Crippen LogP contribution in [0.25, 0.3) is 0 Å². The Balaban J connectivity index is 2.19. The molecule has 2 unspecified atom stereocenters. The maximum absolute atomic E-state index is 12.6. The lowest BCUT2D eigenvalue weighted by atomic mass is 9.93. The Morgan fingerprint density at radius 2 is 1.95 bits per heavy atom. The zero-order chi connectivity index (χ0) is 15.5. The lowest BCUT2D eigenvalue weighted by molar-refractivity contribution is 0.0638. The number of aliphatic hydroxyl groups is 1. The topological polar surface area (TPSA) is 95.4 Å². The van der Waals surface area contributed by atoms with Crippen molar-refractivity contribution >= 4 is 16.0 Å². The predicted molar refractivity (Wildman–Crippen MR) is 79.4 cm³/mol. The fourth-order valence-corrected chi connectivity index (χ4v) is 3.87. The first-order valence-electron chi connectivity index (χ1n) is 7.19. The first-order valence-corrected chi connectivity index (χ1v) is 8.63. The molecule has 118 valence electrons. The molecule has 1 aromatic rings. The number of aromatic nitrogens is 2. The van der Waals surface area contributed by atoms with E-state index in [0.29, 0.717) is 25.3 Å². The molecule has 0 spiro atoms. The van der Waals surface area contributed by atoms with E-state index in [4.69, 9.17) is 0 Å². The molecule has 0 saturated heterocycles. The van der Waals surface area contributed by atoms with E-state index in [0.717, 1.165) is 12.8 Å². The van der Waals surface area contributed by atoms with E-state index in [1.165, 1.54) is 23.7 Å². The number of nitrogens with one attached hydrogen (secondary N) is 1. The Morgan fingerprint density at radius 1 is 1.33 bits per heavy atom. The largest absolute Gasteiger partial charge is 0.391 e. The van der Waals surface area contributed by atoms with Crippen molar-refractivity contribution in [3.8, 4) is 0 Å². The quantitative estimate of drug-likeness (QED) is 0.836. The maximum atomic E-state index is 12.6. The number of hydrogen-bond acceptors (Lipinski definition) is 6. The van der Waals surface area contributed by atoms with E-state index in [1.807, 2.05) is 6.92 Å². The molecule has 21 heavy (non-hydrogen) atoms. The summed E-state index contributed by atoms with van der Waals surface area (Å²) in [6.07, 6.45) is 5.16. The van der Waals surface area contributed by atoms with Gasteiger partial charge in [-0.25, -0.2) is 18.4 Å². The Hall–Kier alpha value is -1.25. The van der Waals surface area contributed by atoms with Gasteiger partial charge in [0.05, 0.1) is 24.5 Å². The smallest absolute Gasteiger partial charge is 0.246 e. The standard InChI is InChI=1S/C13H22N4O3S/c1-3-14-13-15-8-10(9-16-13)21(19,20)17(2)11-6-4-5-7-12(11)18/h8-9,11-12,18H,3-7H2,1-2H3,(H,14,15,16). The SMILES string of the molecule is CCNc1ncc(S(=O)(=O)N(C)C2CCCCC2O)cn1. The second-order valence-corrected chi connectivity index (χ2v) is 7.21. The summed E-state index contributed by atoms with van der Waals surface area (Å²) in [7, 11) is -2.18. The zero-order valence-electron chi connectivity index (χ0n) is 12.4. The molecule has 7 nitrogen and oxygen atoms in total. The van der Waals surface area contributed by atoms with Crippen molar-refractivity contribution in [3.05, 3.63) is 12.4 Å². The molecule has 1 aliphatic carbocycles. The summed E-state index contributed by atoms with van der Waals surface area (Å²) in [5.74, 6) is 0.400. The normalized spacial score (nSPS) is 23.2. The number of nitrogens with zero attached hydrogens (tertiary/aromatic N) is 3. The van der Waals surface area contributed by atoms with E-state index in [9.17, 15) is 13.5 Å². The number of anilines is 1. The van der Waals surface area contributed by atoms with E-state index in [2.05, 4.69) is 15.3 Å². The molecule has 2 atom stereocenters. The summed E-state index contributed by atoms with van der Waals surface area (Å²) in [5, 5.41) is 12.9. The van der Waals surface area contributed by atoms with Gasteiger partial charge in [-0.1, -0.05) is 12.8 Å². The highest BCUT2D eigenvalue weighted by atomic mass is 32.2. The number of rotatable bonds is 5. The Bertz CT molecular complexity index is 561. The second-order valence-electron chi connectivity index (χ2n) is 5.21. The van der Waals surface area contributed by atoms with Gasteiger partial charge in [-0.15, -0.1) is 0 Å². The molecule has 1 aliphatic rings. The van der Waals surface area contributed by atoms with Crippen LogP contribution in [0.15, 0.2) is 17.3 Å². The molecule has 1 saturated carbocycles. The number of likely N-dealkylation sites (N-methyl/N-ethyl adjacent to an activating group) is 1. The van der Waals surface area contributed by atoms with E-state index < -0.39 is 16.1 Å². The average Bonchev–Trinajstić information content (AvgIpc) is 2.48. The summed E-state index contributed by atoms with van der Waals surface area (Å²) in [5.41, 5.74) is 0. The van der Waals surface area contributed by atoms with Crippen LogP contribution in [0.1, 0.15) is 32.6 Å². The van der Waals surface area contributed by atoms with Gasteiger partial charge in [-0.2, -0.15) is 4.31 Å². The van der Waals surface area contributed by atoms with Crippen molar-refractivity contribution in [2.45, 2.75) is 49.6 Å². The first kappa shape index (κ1) is 16.1. The maximum Gasteiger partial charge on any atom is 0.246 e. The Kier molecular flexibility index (Phi) is 5.13. The minimum absolute atomic E-state index is 0.0458. The lowest BCUT2D eigenvalue weighted by Gasteiger charge is -2.34. The van der Waals surface area contributed by atoms with E-state index >= 15 is 0 Å². The number of aliphatic hydroxyl groups excluding tert-OH is 1. The van der Waals surface area contributed by atoms with Crippen LogP contribution in [-0.4, -0.2) is 53.5 Å². The van der Waals surface area contributed by atoms with Crippen molar-refractivity contribution in [2.24, 2.45) is 0 Å². The molecule has 1 heterocycles. The highest BCUT2D eigenvalue weighted by Gasteiger charge is 2.34. The average molecular weight is 314 g/mol. The van der Waals surface area contributed by atoms with Crippen LogP contribution >= 0.6 is 0 Å². The summed E-state index contributed by atoms with van der Waals surface area (Å²) >= 11 is 0. The van der Waals surface area contributed by atoms with Crippen molar-refractivity contribution in [2.75, 3.05) is 18.9 Å². The van der Waals surface area contributed by atoms with Gasteiger partial charge in [0.1, 0.15) is 4.90 Å². The molecule has 0 bridgehead atoms. The van der Waals surface area contributed by atoms with Gasteiger partial charge in [-0.3, -0.25) is 0 Å². The molecule has 2 N–H and O–H groups in total. The van der Waals surface area contributed by atoms with Crippen molar-refractivity contribution in [1.82, 2.24) is 14.3 Å². The molecular formula is C13H22N4O3S. The molecule has 2 rings (SSSR count). The fourth-order valence-electron chi connectivity index (χ4n) is 2.56. The van der Waals surface area contributed by atoms with Crippen LogP contribution in [0.5, 0.6) is 0 Å². The molecular weight excluding hydrogens is 292 g/mol. The van der Waals surface area contributed by atoms with Gasteiger partial charge in [-0.05, 0) is 19.8 Å². The number of hydrogen-bond donors (Lipinski definition) is 2. The summed E-state index contributed by atoms with van der Waals surface area (Å²) in [6.45, 7) is 2.58. The highest BCUT2D eigenvalue weighted by molar-refractivity contribution is 7.89. The van der Waals surface area contributed by atoms with Crippen LogP contribution in [0.3, 0.4) is 0 Å². The van der Waals surface area contributed by atoms with E-state index in [-0.39, 0.29) is 10.9 Å². The molecule has 0 aliphatic heterocycles. The van der Waals surface area contributed by atoms with E-state index in [1.54, 1.807) is 0 Å². The minimum atomic E-state index is -3.68. The highest BCUT2D eigenvalue weighted by Crippen LogP contribution is 2.26. The molecule has 8 heteroatoms. The van der Waals surface area contributed by atoms with Crippen molar-refractivity contribution < 1.29 is 13.5 Å². The van der Waals surface area contributed by atoms with Crippen molar-refractivity contribution in [3.63, 3.8) is 0 Å². The van der Waals surface area contributed by atoms with Crippen LogP contribution in [0.4, 0.5) is 5.95 Å². The number of sulfonamides is 1. The second kappa shape index (κ2) is 6.67. The Morgan fingerprint density at radius 3 is 2.52 bits per heavy atom. The van der Waals surface area contributed by atoms with Crippen LogP contribution < -0.4 is 5.32 Å². The molecule has 1 fully saturated rings. The summed E-state index contributed by atoms with van der Waals surface area (Å²) in [4.78, 5) is 8.03. The van der Waals surface area contributed by atoms with Gasteiger partial charge in [0.2, 0.25) is 16.0 Å². The fraction of sp³-hybridized carbons (Fsp3) is 0.692. The molecule has 1 aromatic heterocycles. The van der Waals surface area contributed by atoms with Gasteiger partial charge in [0.25, 0.3) is 0 Å². The van der Waals surface area contributed by atoms with Crippen LogP contribution in [0.2, 0.25) is 0 Å². The molecule has 0 amide bonds. The zero-order valence-corrected chi connectivity index (χ0v) is 13.2. The third-order valence-electron chi connectivity index (χ3n) is 3.80. The summed E-state index contributed by atoms with van der Waals surface area (Å²) < 4.78 is 26.4. The van der Waals surface area contributed by atoms with Gasteiger partial charge < -0.3 is 10.4 Å².